The van der Waals surface area contributed by atoms with Gasteiger partial charge in [-0.15, -0.1) is 0 Å². The standard InChI is InChI=1S/C15H16BrN3O/c16-12-8-14(19(10-12)13-3-4-13)15(20)18-7-5-11-2-1-6-17-9-11/h1-2,6,8-10,13H,3-5,7H2,(H,18,20). The highest BCUT2D eigenvalue weighted by molar-refractivity contribution is 9.10. The molecule has 1 N–H and O–H groups in total. The molecule has 2 aromatic rings. The number of carbonyl (C=O) groups excluding carboxylic acids is 1. The third-order valence-electron chi connectivity index (χ3n) is 3.41. The Balaban J connectivity index is 1.59. The minimum atomic E-state index is -0.00788. The minimum Gasteiger partial charge on any atom is -0.350 e. The van der Waals surface area contributed by atoms with Crippen LogP contribution in [0.3, 0.4) is 0 Å². The van der Waals surface area contributed by atoms with Gasteiger partial charge >= 0.3 is 0 Å². The van der Waals surface area contributed by atoms with E-state index in [0.29, 0.717) is 12.6 Å². The summed E-state index contributed by atoms with van der Waals surface area (Å²) in [6.45, 7) is 0.623. The van der Waals surface area contributed by atoms with Crippen LogP contribution in [0.2, 0.25) is 0 Å². The van der Waals surface area contributed by atoms with Crippen LogP contribution in [0.15, 0.2) is 41.3 Å². The first-order chi connectivity index (χ1) is 9.74. The summed E-state index contributed by atoms with van der Waals surface area (Å²) < 4.78 is 3.03. The zero-order valence-electron chi connectivity index (χ0n) is 11.1. The highest BCUT2D eigenvalue weighted by Gasteiger charge is 2.27. The summed E-state index contributed by atoms with van der Waals surface area (Å²) in [7, 11) is 0. The number of aromatic nitrogens is 2. The Hall–Kier alpha value is -1.62. The number of pyridine rings is 1. The second-order valence-corrected chi connectivity index (χ2v) is 5.96. The van der Waals surface area contributed by atoms with Gasteiger partial charge in [0.1, 0.15) is 5.69 Å². The zero-order chi connectivity index (χ0) is 13.9. The Morgan fingerprint density at radius 1 is 1.50 bits per heavy atom. The van der Waals surface area contributed by atoms with Crippen LogP contribution >= 0.6 is 15.9 Å². The summed E-state index contributed by atoms with van der Waals surface area (Å²) in [6.07, 6.45) is 8.70. The molecule has 0 saturated heterocycles. The molecule has 0 aliphatic heterocycles. The number of rotatable bonds is 5. The van der Waals surface area contributed by atoms with Gasteiger partial charge in [-0.2, -0.15) is 0 Å². The quantitative estimate of drug-likeness (QED) is 0.914. The predicted octanol–water partition coefficient (Wildman–Crippen LogP) is 2.95. The van der Waals surface area contributed by atoms with Crippen molar-refractivity contribution in [2.24, 2.45) is 0 Å². The van der Waals surface area contributed by atoms with Crippen LogP contribution in [0, 0.1) is 0 Å². The average Bonchev–Trinajstić information content (AvgIpc) is 3.22. The van der Waals surface area contributed by atoms with E-state index in [2.05, 4.69) is 30.8 Å². The van der Waals surface area contributed by atoms with Gasteiger partial charge < -0.3 is 9.88 Å². The van der Waals surface area contributed by atoms with Gasteiger partial charge in [-0.3, -0.25) is 9.78 Å². The summed E-state index contributed by atoms with van der Waals surface area (Å²) in [6, 6.07) is 6.31. The fourth-order valence-electron chi connectivity index (χ4n) is 2.24. The first kappa shape index (κ1) is 13.4. The van der Waals surface area contributed by atoms with Gasteiger partial charge in [0.15, 0.2) is 0 Å². The maximum absolute atomic E-state index is 12.2. The van der Waals surface area contributed by atoms with Crippen LogP contribution in [0.4, 0.5) is 0 Å². The first-order valence-electron chi connectivity index (χ1n) is 6.78. The maximum Gasteiger partial charge on any atom is 0.267 e. The normalized spacial score (nSPS) is 14.2. The molecule has 2 heterocycles. The van der Waals surface area contributed by atoms with Crippen molar-refractivity contribution in [1.29, 1.82) is 0 Å². The smallest absolute Gasteiger partial charge is 0.267 e. The molecule has 1 amide bonds. The Morgan fingerprint density at radius 3 is 3.05 bits per heavy atom. The van der Waals surface area contributed by atoms with E-state index >= 15 is 0 Å². The number of carbonyl (C=O) groups is 1. The van der Waals surface area contributed by atoms with E-state index in [1.54, 1.807) is 6.20 Å². The third kappa shape index (κ3) is 3.10. The molecule has 1 aliphatic carbocycles. The van der Waals surface area contributed by atoms with Crippen molar-refractivity contribution < 1.29 is 4.79 Å². The summed E-state index contributed by atoms with van der Waals surface area (Å²) in [5.41, 5.74) is 1.87. The van der Waals surface area contributed by atoms with E-state index in [-0.39, 0.29) is 5.91 Å². The third-order valence-corrected chi connectivity index (χ3v) is 3.84. The van der Waals surface area contributed by atoms with Gasteiger partial charge in [0.2, 0.25) is 0 Å². The van der Waals surface area contributed by atoms with Crippen LogP contribution in [0.5, 0.6) is 0 Å². The second kappa shape index (κ2) is 5.79. The molecule has 20 heavy (non-hydrogen) atoms. The van der Waals surface area contributed by atoms with Gasteiger partial charge in [-0.25, -0.2) is 0 Å². The molecular weight excluding hydrogens is 318 g/mol. The molecular formula is C15H16BrN3O. The minimum absolute atomic E-state index is 0.00788. The molecule has 1 aliphatic rings. The fourth-order valence-corrected chi connectivity index (χ4v) is 2.68. The molecule has 3 rings (SSSR count). The summed E-state index contributed by atoms with van der Waals surface area (Å²) in [4.78, 5) is 16.3. The molecule has 5 heteroatoms. The Morgan fingerprint density at radius 2 is 2.35 bits per heavy atom. The van der Waals surface area contributed by atoms with Gasteiger partial charge in [-0.05, 0) is 52.9 Å². The van der Waals surface area contributed by atoms with Crippen LogP contribution in [0.25, 0.3) is 0 Å². The molecule has 104 valence electrons. The van der Waals surface area contributed by atoms with Crippen LogP contribution in [-0.2, 0) is 6.42 Å². The van der Waals surface area contributed by atoms with Gasteiger partial charge in [0.05, 0.1) is 0 Å². The van der Waals surface area contributed by atoms with E-state index in [0.717, 1.165) is 35.0 Å². The van der Waals surface area contributed by atoms with E-state index in [1.807, 2.05) is 30.6 Å². The lowest BCUT2D eigenvalue weighted by Gasteiger charge is -2.08. The first-order valence-corrected chi connectivity index (χ1v) is 7.58. The lowest BCUT2D eigenvalue weighted by molar-refractivity contribution is 0.0944. The van der Waals surface area contributed by atoms with E-state index in [9.17, 15) is 4.79 Å². The van der Waals surface area contributed by atoms with Gasteiger partial charge in [-0.1, -0.05) is 6.07 Å². The molecule has 0 unspecified atom stereocenters. The fraction of sp³-hybridized carbons (Fsp3) is 0.333. The molecule has 0 radical (unpaired) electrons. The van der Waals surface area contributed by atoms with Gasteiger partial charge in [0.25, 0.3) is 5.91 Å². The predicted molar refractivity (Wildman–Crippen MR) is 80.7 cm³/mol. The number of amides is 1. The van der Waals surface area contributed by atoms with Crippen LogP contribution in [-0.4, -0.2) is 22.0 Å². The SMILES string of the molecule is O=C(NCCc1cccnc1)c1cc(Br)cn1C1CC1. The number of nitrogens with one attached hydrogen (secondary N) is 1. The highest BCUT2D eigenvalue weighted by atomic mass is 79.9. The topological polar surface area (TPSA) is 46.9 Å². The molecule has 1 fully saturated rings. The molecule has 2 aromatic heterocycles. The summed E-state index contributed by atoms with van der Waals surface area (Å²) in [5, 5.41) is 2.98. The van der Waals surface area contributed by atoms with Gasteiger partial charge in [0, 0.05) is 35.6 Å². The van der Waals surface area contributed by atoms with Crippen molar-refractivity contribution in [3.05, 3.63) is 52.5 Å². The molecule has 0 aromatic carbocycles. The number of hydrogen-bond donors (Lipinski definition) is 1. The van der Waals surface area contributed by atoms with Crippen molar-refractivity contribution in [1.82, 2.24) is 14.9 Å². The van der Waals surface area contributed by atoms with Crippen LogP contribution in [0.1, 0.15) is 34.9 Å². The average molecular weight is 334 g/mol. The number of hydrogen-bond acceptors (Lipinski definition) is 2. The highest BCUT2D eigenvalue weighted by Crippen LogP contribution is 2.37. The largest absolute Gasteiger partial charge is 0.350 e. The second-order valence-electron chi connectivity index (χ2n) is 5.05. The summed E-state index contributed by atoms with van der Waals surface area (Å²) >= 11 is 3.44. The summed E-state index contributed by atoms with van der Waals surface area (Å²) in [5.74, 6) is -0.00788. The Labute approximate surface area is 126 Å². The van der Waals surface area contributed by atoms with E-state index in [4.69, 9.17) is 0 Å². The van der Waals surface area contributed by atoms with Crippen LogP contribution < -0.4 is 5.32 Å². The van der Waals surface area contributed by atoms with Crippen molar-refractivity contribution >= 4 is 21.8 Å². The van der Waals surface area contributed by atoms with Crippen molar-refractivity contribution in [2.45, 2.75) is 25.3 Å². The number of nitrogens with zero attached hydrogens (tertiary/aromatic N) is 2. The van der Waals surface area contributed by atoms with Crippen molar-refractivity contribution in [3.63, 3.8) is 0 Å². The molecule has 0 spiro atoms. The lowest BCUT2D eigenvalue weighted by atomic mass is 10.2. The van der Waals surface area contributed by atoms with E-state index < -0.39 is 0 Å². The van der Waals surface area contributed by atoms with E-state index in [1.165, 1.54) is 0 Å². The molecule has 4 nitrogen and oxygen atoms in total. The number of halogens is 1. The Kier molecular flexibility index (Phi) is 3.87. The molecule has 0 bridgehead atoms. The zero-order valence-corrected chi connectivity index (χ0v) is 12.6. The Bertz CT molecular complexity index is 605. The molecule has 1 saturated carbocycles. The maximum atomic E-state index is 12.2. The van der Waals surface area contributed by atoms with Crippen molar-refractivity contribution in [3.8, 4) is 0 Å². The lowest BCUT2D eigenvalue weighted by Crippen LogP contribution is -2.27. The molecule has 0 atom stereocenters. The van der Waals surface area contributed by atoms with Crippen molar-refractivity contribution in [2.75, 3.05) is 6.54 Å². The monoisotopic (exact) mass is 333 g/mol.